The Bertz CT molecular complexity index is 673. The number of rotatable bonds is 3. The number of nitro benzene ring substituents is 1. The van der Waals surface area contributed by atoms with Crippen molar-refractivity contribution in [3.05, 3.63) is 39.6 Å². The number of carbonyl (C=O) groups is 2. The van der Waals surface area contributed by atoms with E-state index in [0.717, 1.165) is 6.29 Å². The average molecular weight is 308 g/mol. The number of nitro groups is 1. The highest BCUT2D eigenvalue weighted by Gasteiger charge is 2.22. The zero-order chi connectivity index (χ0) is 15.2. The first-order valence-electron chi connectivity index (χ1n) is 5.56. The van der Waals surface area contributed by atoms with Gasteiger partial charge in [-0.05, 0) is 23.7 Å². The van der Waals surface area contributed by atoms with Gasteiger partial charge in [0.15, 0.2) is 0 Å². The molecule has 9 nitrogen and oxygen atoms in total. The SMILES string of the molecule is O=C1Nc2ccc(cc2[N+](=O)[O-])O1.O=CCc1ncsn1. The fraction of sp³-hybridized carbons (Fsp3) is 0.0909. The molecule has 1 amide bonds. The summed E-state index contributed by atoms with van der Waals surface area (Å²) in [6.45, 7) is 0. The first-order valence-corrected chi connectivity index (χ1v) is 6.40. The van der Waals surface area contributed by atoms with Crippen molar-refractivity contribution in [2.45, 2.75) is 6.42 Å². The molecule has 2 aromatic rings. The zero-order valence-electron chi connectivity index (χ0n) is 10.4. The normalized spacial score (nSPS) is 11.5. The lowest BCUT2D eigenvalue weighted by Crippen LogP contribution is -2.13. The first-order chi connectivity index (χ1) is 10.1. The number of fused-ring (bicyclic) bond motifs is 4. The van der Waals surface area contributed by atoms with Gasteiger partial charge in [0, 0.05) is 0 Å². The van der Waals surface area contributed by atoms with E-state index in [-0.39, 0.29) is 17.1 Å². The van der Waals surface area contributed by atoms with Crippen molar-refractivity contribution in [3.8, 4) is 5.75 Å². The molecule has 0 unspecified atom stereocenters. The molecule has 2 aliphatic rings. The van der Waals surface area contributed by atoms with E-state index in [2.05, 4.69) is 19.4 Å². The molecule has 0 fully saturated rings. The molecule has 1 N–H and O–H groups in total. The zero-order valence-corrected chi connectivity index (χ0v) is 11.2. The molecular weight excluding hydrogens is 300 g/mol. The largest absolute Gasteiger partial charge is 0.417 e. The number of nitrogens with zero attached hydrogens (tertiary/aromatic N) is 3. The second-order valence-corrected chi connectivity index (χ2v) is 4.27. The molecular formula is C11H8N4O5S. The molecule has 108 valence electrons. The number of ether oxygens (including phenoxy) is 1. The standard InChI is InChI=1S/C7H4N2O4.C4H4N2OS/c10-7-8-5-2-1-4(13-7)3-6(5)9(11)12;7-2-1-4-5-3-8-6-4/h1-3H,(H,8,10);2-3H,1H2. The third kappa shape index (κ3) is 3.79. The van der Waals surface area contributed by atoms with Gasteiger partial charge in [0.2, 0.25) is 0 Å². The van der Waals surface area contributed by atoms with Crippen LogP contribution in [0.25, 0.3) is 0 Å². The maximum absolute atomic E-state index is 10.8. The van der Waals surface area contributed by atoms with Crippen LogP contribution in [0.5, 0.6) is 5.75 Å². The number of benzene rings is 1. The van der Waals surface area contributed by atoms with Crippen molar-refractivity contribution >= 4 is 35.3 Å². The second-order valence-electron chi connectivity index (χ2n) is 3.67. The Morgan fingerprint density at radius 3 is 2.90 bits per heavy atom. The van der Waals surface area contributed by atoms with Gasteiger partial charge < -0.3 is 9.53 Å². The number of nitrogens with one attached hydrogen (secondary N) is 1. The predicted octanol–water partition coefficient (Wildman–Crippen LogP) is 1.80. The number of hydrogen-bond donors (Lipinski definition) is 1. The minimum atomic E-state index is -0.705. The summed E-state index contributed by atoms with van der Waals surface area (Å²) in [7, 11) is 0. The van der Waals surface area contributed by atoms with E-state index in [1.165, 1.54) is 29.7 Å². The number of carbonyl (C=O) groups excluding carboxylic acids is 2. The maximum atomic E-state index is 10.8. The van der Waals surface area contributed by atoms with Crippen LogP contribution >= 0.6 is 11.5 Å². The van der Waals surface area contributed by atoms with Crippen molar-refractivity contribution < 1.29 is 19.2 Å². The maximum Gasteiger partial charge on any atom is 0.417 e. The van der Waals surface area contributed by atoms with Crippen molar-refractivity contribution in [1.29, 1.82) is 0 Å². The van der Waals surface area contributed by atoms with Crippen molar-refractivity contribution in [3.63, 3.8) is 0 Å². The summed E-state index contributed by atoms with van der Waals surface area (Å²) >= 11 is 1.26. The molecule has 10 heteroatoms. The van der Waals surface area contributed by atoms with Crippen molar-refractivity contribution in [1.82, 2.24) is 9.36 Å². The van der Waals surface area contributed by atoms with Crippen LogP contribution in [0.15, 0.2) is 23.7 Å². The molecule has 4 rings (SSSR count). The Hall–Kier alpha value is -2.88. The van der Waals surface area contributed by atoms with E-state index in [1.54, 1.807) is 5.51 Å². The number of aldehydes is 1. The average Bonchev–Trinajstić information content (AvgIpc) is 2.81. The van der Waals surface area contributed by atoms with Crippen molar-refractivity contribution in [2.75, 3.05) is 5.32 Å². The quantitative estimate of drug-likeness (QED) is 0.520. The van der Waals surface area contributed by atoms with Crippen LogP contribution in [0, 0.1) is 10.1 Å². The van der Waals surface area contributed by atoms with Crippen LogP contribution in [0.3, 0.4) is 0 Å². The number of anilines is 1. The fourth-order valence-corrected chi connectivity index (χ4v) is 1.89. The summed E-state index contributed by atoms with van der Waals surface area (Å²) in [6.07, 6.45) is 0.425. The monoisotopic (exact) mass is 308 g/mol. The minimum absolute atomic E-state index is 0.149. The Labute approximate surface area is 121 Å². The second kappa shape index (κ2) is 6.52. The fourth-order valence-electron chi connectivity index (χ4n) is 1.43. The van der Waals surface area contributed by atoms with E-state index in [1.807, 2.05) is 0 Å². The van der Waals surface area contributed by atoms with Gasteiger partial charge in [-0.3, -0.25) is 15.4 Å². The van der Waals surface area contributed by atoms with Gasteiger partial charge in [0.1, 0.15) is 29.1 Å². The topological polar surface area (TPSA) is 124 Å². The Morgan fingerprint density at radius 1 is 1.48 bits per heavy atom. The van der Waals surface area contributed by atoms with Gasteiger partial charge in [-0.15, -0.1) is 0 Å². The summed E-state index contributed by atoms with van der Waals surface area (Å²) in [6, 6.07) is 4.12. The number of hydrogen-bond acceptors (Lipinski definition) is 8. The smallest absolute Gasteiger partial charge is 0.410 e. The molecule has 0 atom stereocenters. The van der Waals surface area contributed by atoms with Crippen LogP contribution < -0.4 is 10.1 Å². The first kappa shape index (κ1) is 14.5. The molecule has 2 bridgehead atoms. The van der Waals surface area contributed by atoms with Gasteiger partial charge in [0.25, 0.3) is 5.69 Å². The summed E-state index contributed by atoms with van der Waals surface area (Å²) in [5.41, 5.74) is 1.60. The third-order valence-electron chi connectivity index (χ3n) is 2.29. The van der Waals surface area contributed by atoms with Crippen LogP contribution in [0.4, 0.5) is 16.2 Å². The highest BCUT2D eigenvalue weighted by molar-refractivity contribution is 7.03. The summed E-state index contributed by atoms with van der Waals surface area (Å²) < 4.78 is 8.47. The molecule has 0 saturated carbocycles. The summed E-state index contributed by atoms with van der Waals surface area (Å²) in [4.78, 5) is 34.3. The molecule has 1 aromatic carbocycles. The minimum Gasteiger partial charge on any atom is -0.410 e. The predicted molar refractivity (Wildman–Crippen MR) is 72.4 cm³/mol. The lowest BCUT2D eigenvalue weighted by molar-refractivity contribution is -0.383. The van der Waals surface area contributed by atoms with Gasteiger partial charge in [-0.2, -0.15) is 4.37 Å². The number of amides is 1. The molecule has 0 aliphatic carbocycles. The van der Waals surface area contributed by atoms with Crippen LogP contribution in [0.1, 0.15) is 5.82 Å². The van der Waals surface area contributed by atoms with Gasteiger partial charge in [-0.25, -0.2) is 9.78 Å². The van der Waals surface area contributed by atoms with Crippen LogP contribution in [-0.2, 0) is 11.2 Å². The van der Waals surface area contributed by atoms with Gasteiger partial charge in [0.05, 0.1) is 17.4 Å². The lowest BCUT2D eigenvalue weighted by Gasteiger charge is -1.96. The highest BCUT2D eigenvalue weighted by atomic mass is 32.1. The van der Waals surface area contributed by atoms with E-state index < -0.39 is 11.0 Å². The summed E-state index contributed by atoms with van der Waals surface area (Å²) in [5, 5.41) is 12.7. The van der Waals surface area contributed by atoms with Gasteiger partial charge in [-0.1, -0.05) is 0 Å². The van der Waals surface area contributed by atoms with E-state index in [4.69, 9.17) is 0 Å². The molecule has 3 heterocycles. The number of aromatic nitrogens is 2. The Kier molecular flexibility index (Phi) is 4.51. The summed E-state index contributed by atoms with van der Waals surface area (Å²) in [5.74, 6) is 0.787. The highest BCUT2D eigenvalue weighted by Crippen LogP contribution is 2.31. The van der Waals surface area contributed by atoms with E-state index in [9.17, 15) is 19.7 Å². The molecule has 0 spiro atoms. The molecule has 2 aliphatic heterocycles. The molecule has 0 saturated heterocycles. The van der Waals surface area contributed by atoms with E-state index in [0.29, 0.717) is 12.2 Å². The third-order valence-corrected chi connectivity index (χ3v) is 2.80. The molecule has 1 aromatic heterocycles. The molecule has 21 heavy (non-hydrogen) atoms. The Balaban J connectivity index is 0.000000173. The van der Waals surface area contributed by atoms with Crippen LogP contribution in [-0.4, -0.2) is 26.7 Å². The van der Waals surface area contributed by atoms with Gasteiger partial charge >= 0.3 is 6.09 Å². The Morgan fingerprint density at radius 2 is 2.29 bits per heavy atom. The van der Waals surface area contributed by atoms with Crippen molar-refractivity contribution in [2.24, 2.45) is 0 Å². The van der Waals surface area contributed by atoms with Crippen LogP contribution in [0.2, 0.25) is 0 Å². The van der Waals surface area contributed by atoms with E-state index >= 15 is 0 Å². The lowest BCUT2D eigenvalue weighted by atomic mass is 10.2. The molecule has 0 radical (unpaired) electrons.